The summed E-state index contributed by atoms with van der Waals surface area (Å²) in [5, 5.41) is 19.5. The molecule has 0 rings (SSSR count). The van der Waals surface area contributed by atoms with Gasteiger partial charge in [0, 0.05) is 48.2 Å². The van der Waals surface area contributed by atoms with E-state index in [4.69, 9.17) is 0 Å². The van der Waals surface area contributed by atoms with Gasteiger partial charge in [-0.25, -0.2) is 29.4 Å². The van der Waals surface area contributed by atoms with E-state index in [0.717, 1.165) is 25.0 Å². The molecule has 9 heteroatoms. The maximum Gasteiger partial charge on any atom is 0.379 e. The van der Waals surface area contributed by atoms with E-state index < -0.39 is 23.9 Å². The van der Waals surface area contributed by atoms with Crippen molar-refractivity contribution < 1.29 is 38.9 Å². The number of rotatable bonds is 10. The quantitative estimate of drug-likeness (QED) is 0.233. The van der Waals surface area contributed by atoms with Crippen molar-refractivity contribution in [1.82, 2.24) is 0 Å². The Bertz CT molecular complexity index is 440. The van der Waals surface area contributed by atoms with Crippen molar-refractivity contribution >= 4 is 47.8 Å². The molecule has 0 heterocycles. The van der Waals surface area contributed by atoms with Crippen LogP contribution in [0.25, 0.3) is 0 Å². The predicted octanol–water partition coefficient (Wildman–Crippen LogP) is 3.77. The number of carbonyl (C=O) groups excluding carboxylic acids is 4. The second-order valence-electron chi connectivity index (χ2n) is 5.35. The summed E-state index contributed by atoms with van der Waals surface area (Å²) in [6.07, 6.45) is 8.90. The van der Waals surface area contributed by atoms with Crippen LogP contribution in [0.3, 0.4) is 0 Å². The van der Waals surface area contributed by atoms with Gasteiger partial charge in [-0.05, 0) is 12.8 Å². The maximum absolute atomic E-state index is 10.5. The van der Waals surface area contributed by atoms with Crippen molar-refractivity contribution in [1.29, 1.82) is 0 Å². The zero-order valence-corrected chi connectivity index (χ0v) is 22.0. The van der Waals surface area contributed by atoms with Crippen molar-refractivity contribution in [3.8, 4) is 0 Å². The van der Waals surface area contributed by atoms with E-state index in [1.54, 1.807) is 0 Å². The molecule has 0 N–H and O–H groups in total. The Morgan fingerprint density at radius 1 is 0.613 bits per heavy atom. The summed E-state index contributed by atoms with van der Waals surface area (Å²) >= 11 is 0. The van der Waals surface area contributed by atoms with Crippen molar-refractivity contribution in [2.75, 3.05) is 13.2 Å². The smallest absolute Gasteiger partial charge is 0.379 e. The Kier molecular flexibility index (Phi) is 45.5. The van der Waals surface area contributed by atoms with Crippen molar-refractivity contribution in [3.05, 3.63) is 38.2 Å². The number of hydrogen-bond acceptors (Lipinski definition) is 6. The molecule has 0 atom stereocenters. The first-order valence-electron chi connectivity index (χ1n) is 9.86. The zero-order chi connectivity index (χ0) is 24.2. The molecule has 0 bridgehead atoms. The topological polar surface area (TPSA) is 127 Å². The Morgan fingerprint density at radius 3 is 1.03 bits per heavy atom. The van der Waals surface area contributed by atoms with Crippen LogP contribution < -0.4 is 0 Å². The first kappa shape index (κ1) is 39.6. The fourth-order valence-corrected chi connectivity index (χ4v) is 0.774. The van der Waals surface area contributed by atoms with Crippen molar-refractivity contribution in [2.24, 2.45) is 0 Å². The van der Waals surface area contributed by atoms with Crippen LogP contribution in [0.4, 0.5) is 0 Å². The third kappa shape index (κ3) is 58.4. The Balaban J connectivity index is -0.000000106. The number of esters is 2. The molecule has 0 saturated heterocycles. The largest absolute Gasteiger partial charge is 0.463 e. The van der Waals surface area contributed by atoms with Gasteiger partial charge in [-0.1, -0.05) is 67.2 Å². The molecule has 0 spiro atoms. The fraction of sp³-hybridized carbons (Fsp3) is 0.545. The molecular formula is C22H36O8Sn. The number of ether oxygens (including phenoxy) is 2. The molecule has 0 aromatic heterocycles. The standard InChI is InChI=1S/2C7H9O4.2C4H9.Sn/c2*1-2-5-11-7(10)4-3-6(8)9;2*1-3-4-2;/h2*3-4H,2,5H2,1H3;2*1,3-4H2,2H3;/b2*4-3-;;;. The van der Waals surface area contributed by atoms with Gasteiger partial charge in [-0.2, -0.15) is 0 Å². The van der Waals surface area contributed by atoms with Crippen LogP contribution in [0.5, 0.6) is 0 Å². The van der Waals surface area contributed by atoms with Gasteiger partial charge >= 0.3 is 23.9 Å². The summed E-state index contributed by atoms with van der Waals surface area (Å²) in [7, 11) is 0. The molecule has 31 heavy (non-hydrogen) atoms. The van der Waals surface area contributed by atoms with Crippen LogP contribution in [0.2, 0.25) is 0 Å². The van der Waals surface area contributed by atoms with Gasteiger partial charge in [0.15, 0.2) is 0 Å². The van der Waals surface area contributed by atoms with E-state index in [2.05, 4.69) is 37.2 Å². The van der Waals surface area contributed by atoms with Crippen LogP contribution in [-0.4, -0.2) is 61.0 Å². The third-order valence-electron chi connectivity index (χ3n) is 2.31. The molecule has 0 aromatic rings. The second-order valence-corrected chi connectivity index (χ2v) is 5.35. The van der Waals surface area contributed by atoms with Gasteiger partial charge in [-0.3, -0.25) is 0 Å². The van der Waals surface area contributed by atoms with Gasteiger partial charge < -0.3 is 9.47 Å². The van der Waals surface area contributed by atoms with Crippen LogP contribution in [0, 0.1) is 13.8 Å². The zero-order valence-electron chi connectivity index (χ0n) is 19.1. The minimum absolute atomic E-state index is 0. The molecule has 0 aliphatic heterocycles. The molecule has 176 valence electrons. The van der Waals surface area contributed by atoms with E-state index in [-0.39, 0.29) is 23.9 Å². The molecule has 0 saturated carbocycles. The molecule has 0 aliphatic rings. The third-order valence-corrected chi connectivity index (χ3v) is 2.31. The summed E-state index contributed by atoms with van der Waals surface area (Å²) in [6, 6.07) is 0. The van der Waals surface area contributed by atoms with E-state index in [9.17, 15) is 29.4 Å². The van der Waals surface area contributed by atoms with Crippen LogP contribution >= 0.6 is 0 Å². The molecule has 0 amide bonds. The molecular weight excluding hydrogens is 511 g/mol. The SMILES string of the molecule is CCCOC(=O)/C=C\C([O])=O.CCCOC(=O)/C=C\C([O])=O.[CH2]CCC.[CH2]CCC.[Sn]. The maximum atomic E-state index is 10.5. The van der Waals surface area contributed by atoms with E-state index in [0.29, 0.717) is 38.2 Å². The first-order valence-corrected chi connectivity index (χ1v) is 9.86. The summed E-state index contributed by atoms with van der Waals surface area (Å²) in [5.74, 6) is -4.12. The molecule has 8 radical (unpaired) electrons. The molecule has 0 unspecified atom stereocenters. The first-order chi connectivity index (χ1) is 14.2. The number of carbonyl (C=O) groups is 4. The average molecular weight is 547 g/mol. The summed E-state index contributed by atoms with van der Waals surface area (Å²) in [4.78, 5) is 40.6. The summed E-state index contributed by atoms with van der Waals surface area (Å²) < 4.78 is 9.05. The fourth-order valence-electron chi connectivity index (χ4n) is 0.774. The van der Waals surface area contributed by atoms with E-state index in [1.807, 2.05) is 13.8 Å². The van der Waals surface area contributed by atoms with E-state index in [1.165, 1.54) is 12.8 Å². The molecule has 0 fully saturated rings. The molecule has 0 aromatic carbocycles. The Morgan fingerprint density at radius 2 is 0.871 bits per heavy atom. The normalized spacial score (nSPS) is 8.97. The van der Waals surface area contributed by atoms with Gasteiger partial charge in [0.25, 0.3) is 0 Å². The summed E-state index contributed by atoms with van der Waals surface area (Å²) in [6.45, 7) is 15.7. The van der Waals surface area contributed by atoms with Gasteiger partial charge in [0.2, 0.25) is 0 Å². The van der Waals surface area contributed by atoms with Crippen molar-refractivity contribution in [3.63, 3.8) is 0 Å². The summed E-state index contributed by atoms with van der Waals surface area (Å²) in [5.41, 5.74) is 0. The van der Waals surface area contributed by atoms with Crippen molar-refractivity contribution in [2.45, 2.75) is 66.2 Å². The number of hydrogen-bond donors (Lipinski definition) is 0. The minimum Gasteiger partial charge on any atom is -0.463 e. The molecule has 0 aliphatic carbocycles. The van der Waals surface area contributed by atoms with E-state index >= 15 is 0 Å². The van der Waals surface area contributed by atoms with Crippen LogP contribution in [0.1, 0.15) is 66.2 Å². The molecule has 8 nitrogen and oxygen atoms in total. The predicted molar refractivity (Wildman–Crippen MR) is 118 cm³/mol. The second kappa shape index (κ2) is 35.6. The average Bonchev–Trinajstić information content (AvgIpc) is 2.73. The van der Waals surface area contributed by atoms with Gasteiger partial charge in [0.1, 0.15) is 0 Å². The minimum atomic E-state index is -1.40. The monoisotopic (exact) mass is 548 g/mol. The number of unbranched alkanes of at least 4 members (excludes halogenated alkanes) is 2. The van der Waals surface area contributed by atoms with Crippen LogP contribution in [0.15, 0.2) is 24.3 Å². The Labute approximate surface area is 204 Å². The van der Waals surface area contributed by atoms with Gasteiger partial charge in [-0.15, -0.1) is 0 Å². The van der Waals surface area contributed by atoms with Crippen LogP contribution in [-0.2, 0) is 38.9 Å². The Hall–Kier alpha value is -1.84. The van der Waals surface area contributed by atoms with Gasteiger partial charge in [0.05, 0.1) is 13.2 Å².